The fraction of sp³-hybridized carbons (Fsp3) is 0.190. The average Bonchev–Trinajstić information content (AvgIpc) is 2.97. The number of nitrogens with zero attached hydrogens (tertiary/aromatic N) is 1. The van der Waals surface area contributed by atoms with Crippen molar-refractivity contribution in [3.8, 4) is 5.75 Å². The zero-order chi connectivity index (χ0) is 20.8. The number of hydrogen-bond acceptors (Lipinski definition) is 4. The number of carbonyl (C=O) groups is 3. The molecule has 8 heteroatoms. The van der Waals surface area contributed by atoms with Crippen molar-refractivity contribution in [3.63, 3.8) is 0 Å². The van der Waals surface area contributed by atoms with Crippen LogP contribution >= 0.6 is 0 Å². The molecule has 1 heterocycles. The van der Waals surface area contributed by atoms with Crippen LogP contribution in [0.3, 0.4) is 0 Å². The Morgan fingerprint density at radius 1 is 1.14 bits per heavy atom. The SMILES string of the molecule is CCCN1C(=O)N/C(=C/c2ccc(OCC(=O)Nc3ccc(F)cc3)cc2)C1=O. The summed E-state index contributed by atoms with van der Waals surface area (Å²) in [4.78, 5) is 37.1. The summed E-state index contributed by atoms with van der Waals surface area (Å²) in [6.45, 7) is 2.05. The second-order valence-corrected chi connectivity index (χ2v) is 6.36. The van der Waals surface area contributed by atoms with Gasteiger partial charge in [0.2, 0.25) is 0 Å². The first-order chi connectivity index (χ1) is 14.0. The molecule has 0 radical (unpaired) electrons. The van der Waals surface area contributed by atoms with Gasteiger partial charge in [-0.2, -0.15) is 0 Å². The van der Waals surface area contributed by atoms with E-state index < -0.39 is 6.03 Å². The summed E-state index contributed by atoms with van der Waals surface area (Å²) >= 11 is 0. The third kappa shape index (κ3) is 5.19. The van der Waals surface area contributed by atoms with Crippen molar-refractivity contribution in [2.75, 3.05) is 18.5 Å². The van der Waals surface area contributed by atoms with Crippen molar-refractivity contribution in [3.05, 3.63) is 65.6 Å². The number of rotatable bonds is 7. The number of amides is 4. The van der Waals surface area contributed by atoms with Crippen molar-refractivity contribution in [1.29, 1.82) is 0 Å². The number of urea groups is 1. The summed E-state index contributed by atoms with van der Waals surface area (Å²) in [7, 11) is 0. The van der Waals surface area contributed by atoms with E-state index in [1.165, 1.54) is 29.2 Å². The summed E-state index contributed by atoms with van der Waals surface area (Å²) < 4.78 is 18.3. The molecule has 1 aliphatic rings. The molecule has 7 nitrogen and oxygen atoms in total. The Bertz CT molecular complexity index is 939. The zero-order valence-corrected chi connectivity index (χ0v) is 15.8. The largest absolute Gasteiger partial charge is 0.484 e. The first-order valence-corrected chi connectivity index (χ1v) is 9.09. The molecular weight excluding hydrogens is 377 g/mol. The number of imide groups is 1. The molecule has 0 unspecified atom stereocenters. The van der Waals surface area contributed by atoms with E-state index in [-0.39, 0.29) is 29.9 Å². The summed E-state index contributed by atoms with van der Waals surface area (Å²) in [6.07, 6.45) is 2.27. The Morgan fingerprint density at radius 2 is 1.83 bits per heavy atom. The molecule has 29 heavy (non-hydrogen) atoms. The minimum absolute atomic E-state index is 0.210. The van der Waals surface area contributed by atoms with Gasteiger partial charge in [-0.15, -0.1) is 0 Å². The third-order valence-electron chi connectivity index (χ3n) is 4.10. The van der Waals surface area contributed by atoms with Gasteiger partial charge in [0.1, 0.15) is 17.3 Å². The Balaban J connectivity index is 1.55. The van der Waals surface area contributed by atoms with E-state index in [9.17, 15) is 18.8 Å². The minimum Gasteiger partial charge on any atom is -0.484 e. The monoisotopic (exact) mass is 397 g/mol. The van der Waals surface area contributed by atoms with Gasteiger partial charge in [-0.05, 0) is 54.5 Å². The maximum Gasteiger partial charge on any atom is 0.329 e. The van der Waals surface area contributed by atoms with Crippen LogP contribution in [-0.2, 0) is 9.59 Å². The highest BCUT2D eigenvalue weighted by Crippen LogP contribution is 2.17. The molecular formula is C21H20FN3O4. The Hall–Kier alpha value is -3.68. The molecule has 4 amide bonds. The van der Waals surface area contributed by atoms with E-state index in [0.717, 1.165) is 0 Å². The maximum absolute atomic E-state index is 12.9. The van der Waals surface area contributed by atoms with E-state index >= 15 is 0 Å². The molecule has 1 fully saturated rings. The molecule has 2 aromatic rings. The Labute approximate surface area is 167 Å². The van der Waals surface area contributed by atoms with Gasteiger partial charge < -0.3 is 15.4 Å². The Morgan fingerprint density at radius 3 is 2.48 bits per heavy atom. The van der Waals surface area contributed by atoms with Crippen molar-refractivity contribution in [2.45, 2.75) is 13.3 Å². The number of nitrogens with one attached hydrogen (secondary N) is 2. The van der Waals surface area contributed by atoms with Crippen LogP contribution < -0.4 is 15.4 Å². The minimum atomic E-state index is -0.421. The predicted molar refractivity (Wildman–Crippen MR) is 105 cm³/mol. The van der Waals surface area contributed by atoms with Crippen LogP contribution in [0.5, 0.6) is 5.75 Å². The fourth-order valence-corrected chi connectivity index (χ4v) is 2.70. The van der Waals surface area contributed by atoms with E-state index in [1.807, 2.05) is 6.92 Å². The number of benzene rings is 2. The quantitative estimate of drug-likeness (QED) is 0.555. The normalized spacial score (nSPS) is 14.8. The molecule has 0 saturated carbocycles. The highest BCUT2D eigenvalue weighted by molar-refractivity contribution is 6.13. The van der Waals surface area contributed by atoms with Gasteiger partial charge >= 0.3 is 6.03 Å². The van der Waals surface area contributed by atoms with Gasteiger partial charge in [-0.1, -0.05) is 19.1 Å². The van der Waals surface area contributed by atoms with Crippen LogP contribution in [0.2, 0.25) is 0 Å². The van der Waals surface area contributed by atoms with Gasteiger partial charge in [0.05, 0.1) is 0 Å². The van der Waals surface area contributed by atoms with Crippen molar-refractivity contribution in [2.24, 2.45) is 0 Å². The van der Waals surface area contributed by atoms with Gasteiger partial charge in [-0.25, -0.2) is 9.18 Å². The molecule has 0 aliphatic carbocycles. The average molecular weight is 397 g/mol. The smallest absolute Gasteiger partial charge is 0.329 e. The molecule has 0 bridgehead atoms. The maximum atomic E-state index is 12.9. The van der Waals surface area contributed by atoms with Crippen LogP contribution in [0.1, 0.15) is 18.9 Å². The molecule has 0 spiro atoms. The van der Waals surface area contributed by atoms with Crippen molar-refractivity contribution in [1.82, 2.24) is 10.2 Å². The lowest BCUT2D eigenvalue weighted by atomic mass is 10.2. The Kier molecular flexibility index (Phi) is 6.23. The van der Waals surface area contributed by atoms with Crippen LogP contribution in [-0.4, -0.2) is 35.9 Å². The zero-order valence-electron chi connectivity index (χ0n) is 15.8. The van der Waals surface area contributed by atoms with E-state index in [0.29, 0.717) is 30.0 Å². The summed E-state index contributed by atoms with van der Waals surface area (Å²) in [6, 6.07) is 11.7. The molecule has 2 aromatic carbocycles. The lowest BCUT2D eigenvalue weighted by molar-refractivity contribution is -0.123. The summed E-state index contributed by atoms with van der Waals surface area (Å²) in [5.74, 6) is -0.644. The fourth-order valence-electron chi connectivity index (χ4n) is 2.70. The summed E-state index contributed by atoms with van der Waals surface area (Å²) in [5, 5.41) is 5.16. The van der Waals surface area contributed by atoms with Crippen LogP contribution in [0.4, 0.5) is 14.9 Å². The highest BCUT2D eigenvalue weighted by Gasteiger charge is 2.32. The molecule has 0 aromatic heterocycles. The topological polar surface area (TPSA) is 87.7 Å². The second-order valence-electron chi connectivity index (χ2n) is 6.36. The van der Waals surface area contributed by atoms with Crippen LogP contribution in [0, 0.1) is 5.82 Å². The molecule has 3 rings (SSSR count). The standard InChI is InChI=1S/C21H20FN3O4/c1-2-11-25-20(27)18(24-21(25)28)12-14-3-9-17(10-4-14)29-13-19(26)23-16-7-5-15(22)6-8-16/h3-10,12H,2,11,13H2,1H3,(H,23,26)(H,24,28)/b18-12+. The van der Waals surface area contributed by atoms with Crippen molar-refractivity contribution < 1.29 is 23.5 Å². The molecule has 2 N–H and O–H groups in total. The lowest BCUT2D eigenvalue weighted by Gasteiger charge is -2.08. The van der Waals surface area contributed by atoms with Gasteiger partial charge in [0.15, 0.2) is 6.61 Å². The first kappa shape index (κ1) is 20.1. The summed E-state index contributed by atoms with van der Waals surface area (Å²) in [5.41, 5.74) is 1.40. The van der Waals surface area contributed by atoms with Gasteiger partial charge in [0, 0.05) is 12.2 Å². The number of carbonyl (C=O) groups excluding carboxylic acids is 3. The van der Waals surface area contributed by atoms with Gasteiger partial charge in [0.25, 0.3) is 11.8 Å². The number of anilines is 1. The van der Waals surface area contributed by atoms with E-state index in [2.05, 4.69) is 10.6 Å². The van der Waals surface area contributed by atoms with E-state index in [4.69, 9.17) is 4.74 Å². The second kappa shape index (κ2) is 9.01. The third-order valence-corrected chi connectivity index (χ3v) is 4.10. The molecule has 150 valence electrons. The number of hydrogen-bond donors (Lipinski definition) is 2. The number of ether oxygens (including phenoxy) is 1. The van der Waals surface area contributed by atoms with Crippen LogP contribution in [0.15, 0.2) is 54.2 Å². The molecule has 0 atom stereocenters. The van der Waals surface area contributed by atoms with Gasteiger partial charge in [-0.3, -0.25) is 14.5 Å². The first-order valence-electron chi connectivity index (χ1n) is 9.09. The van der Waals surface area contributed by atoms with E-state index in [1.54, 1.807) is 30.3 Å². The van der Waals surface area contributed by atoms with Crippen LogP contribution in [0.25, 0.3) is 6.08 Å². The lowest BCUT2D eigenvalue weighted by Crippen LogP contribution is -2.31. The molecule has 1 aliphatic heterocycles. The molecule has 1 saturated heterocycles. The number of halogens is 1. The predicted octanol–water partition coefficient (Wildman–Crippen LogP) is 3.15. The highest BCUT2D eigenvalue weighted by atomic mass is 19.1. The van der Waals surface area contributed by atoms with Crippen molar-refractivity contribution >= 4 is 29.6 Å².